The zero-order chi connectivity index (χ0) is 23.2. The van der Waals surface area contributed by atoms with Gasteiger partial charge in [-0.25, -0.2) is 4.98 Å². The average molecular weight is 465 g/mol. The van der Waals surface area contributed by atoms with Crippen LogP contribution in [0.2, 0.25) is 0 Å². The lowest BCUT2D eigenvalue weighted by molar-refractivity contribution is -0.113. The summed E-state index contributed by atoms with van der Waals surface area (Å²) in [5, 5.41) is 13.7. The maximum Gasteiger partial charge on any atom is 0.234 e. The van der Waals surface area contributed by atoms with Crippen molar-refractivity contribution in [2.75, 3.05) is 56.5 Å². The van der Waals surface area contributed by atoms with Gasteiger partial charge in [0.05, 0.1) is 44.3 Å². The van der Waals surface area contributed by atoms with Crippen LogP contribution < -0.4 is 19.7 Å². The zero-order valence-electron chi connectivity index (χ0n) is 18.5. The third-order valence-corrected chi connectivity index (χ3v) is 6.26. The first-order chi connectivity index (χ1) is 16.1. The topological polar surface area (TPSA) is 96.7 Å². The number of ether oxygens (including phenoxy) is 3. The van der Waals surface area contributed by atoms with Crippen molar-refractivity contribution in [3.8, 4) is 17.6 Å². The Bertz CT molecular complexity index is 1190. The van der Waals surface area contributed by atoms with E-state index in [4.69, 9.17) is 14.2 Å². The first-order valence-electron chi connectivity index (χ1n) is 10.4. The first-order valence-corrected chi connectivity index (χ1v) is 11.4. The molecule has 1 aromatic heterocycles. The molecule has 0 atom stereocenters. The van der Waals surface area contributed by atoms with E-state index in [2.05, 4.69) is 21.3 Å². The molecule has 3 aromatic rings. The van der Waals surface area contributed by atoms with Crippen LogP contribution >= 0.6 is 11.8 Å². The van der Waals surface area contributed by atoms with Crippen LogP contribution in [0.5, 0.6) is 11.5 Å². The number of hydrogen-bond acceptors (Lipinski definition) is 8. The Morgan fingerprint density at radius 2 is 1.85 bits per heavy atom. The Morgan fingerprint density at radius 1 is 1.15 bits per heavy atom. The number of carbonyl (C=O) groups excluding carboxylic acids is 1. The maximum atomic E-state index is 12.5. The van der Waals surface area contributed by atoms with E-state index in [1.165, 1.54) is 11.8 Å². The molecule has 1 aliphatic rings. The summed E-state index contributed by atoms with van der Waals surface area (Å²) in [5.74, 6) is 1.08. The van der Waals surface area contributed by atoms with Gasteiger partial charge in [0.2, 0.25) is 5.91 Å². The number of aromatic nitrogens is 1. The molecule has 9 heteroatoms. The van der Waals surface area contributed by atoms with E-state index in [0.717, 1.165) is 43.1 Å². The van der Waals surface area contributed by atoms with E-state index in [0.29, 0.717) is 27.6 Å². The van der Waals surface area contributed by atoms with Gasteiger partial charge in [0.15, 0.2) is 11.5 Å². The summed E-state index contributed by atoms with van der Waals surface area (Å²) in [6.07, 6.45) is 0. The normalized spacial score (nSPS) is 13.4. The van der Waals surface area contributed by atoms with Crippen molar-refractivity contribution >= 4 is 39.9 Å². The fourth-order valence-electron chi connectivity index (χ4n) is 3.58. The molecule has 8 nitrogen and oxygen atoms in total. The van der Waals surface area contributed by atoms with Gasteiger partial charge in [0.1, 0.15) is 11.1 Å². The zero-order valence-corrected chi connectivity index (χ0v) is 19.3. The number of hydrogen-bond donors (Lipinski definition) is 1. The van der Waals surface area contributed by atoms with Crippen LogP contribution in [-0.4, -0.2) is 57.2 Å². The molecule has 0 saturated carbocycles. The minimum atomic E-state index is -0.169. The fraction of sp³-hybridized carbons (Fsp3) is 0.292. The van der Waals surface area contributed by atoms with Crippen molar-refractivity contribution in [1.29, 1.82) is 5.26 Å². The van der Waals surface area contributed by atoms with Crippen molar-refractivity contribution in [2.24, 2.45) is 0 Å². The van der Waals surface area contributed by atoms with Gasteiger partial charge in [0.25, 0.3) is 0 Å². The molecule has 0 unspecified atom stereocenters. The molecule has 1 fully saturated rings. The van der Waals surface area contributed by atoms with Crippen molar-refractivity contribution in [1.82, 2.24) is 4.98 Å². The highest BCUT2D eigenvalue weighted by Gasteiger charge is 2.14. The van der Waals surface area contributed by atoms with E-state index in [-0.39, 0.29) is 11.7 Å². The summed E-state index contributed by atoms with van der Waals surface area (Å²) in [6.45, 7) is 3.18. The third kappa shape index (κ3) is 5.30. The monoisotopic (exact) mass is 464 g/mol. The van der Waals surface area contributed by atoms with Crippen molar-refractivity contribution < 1.29 is 19.0 Å². The van der Waals surface area contributed by atoms with E-state index in [1.807, 2.05) is 24.3 Å². The molecule has 2 aromatic carbocycles. The number of amides is 1. The lowest BCUT2D eigenvalue weighted by Crippen LogP contribution is -2.36. The Hall–Kier alpha value is -3.48. The number of methoxy groups -OCH3 is 2. The molecular weight excluding hydrogens is 440 g/mol. The maximum absolute atomic E-state index is 12.5. The molecule has 0 aliphatic carbocycles. The second kappa shape index (κ2) is 10.4. The van der Waals surface area contributed by atoms with E-state index >= 15 is 0 Å². The van der Waals surface area contributed by atoms with E-state index in [9.17, 15) is 10.1 Å². The number of morpholine rings is 1. The summed E-state index contributed by atoms with van der Waals surface area (Å²) in [4.78, 5) is 19.3. The van der Waals surface area contributed by atoms with Crippen LogP contribution in [0.25, 0.3) is 10.9 Å². The molecule has 1 N–H and O–H groups in total. The molecular formula is C24H24N4O4S. The van der Waals surface area contributed by atoms with E-state index < -0.39 is 0 Å². The second-order valence-corrected chi connectivity index (χ2v) is 8.30. The molecule has 1 aliphatic heterocycles. The summed E-state index contributed by atoms with van der Waals surface area (Å²) in [5.41, 5.74) is 2.90. The number of nitrogens with zero attached hydrogens (tertiary/aromatic N) is 3. The molecule has 0 bridgehead atoms. The second-order valence-electron chi connectivity index (χ2n) is 7.34. The number of anilines is 2. The number of nitrogens with one attached hydrogen (secondary N) is 1. The summed E-state index contributed by atoms with van der Waals surface area (Å²) in [6, 6.07) is 15.2. The Kier molecular flexibility index (Phi) is 7.17. The lowest BCUT2D eigenvalue weighted by atomic mass is 10.1. The Morgan fingerprint density at radius 3 is 2.52 bits per heavy atom. The van der Waals surface area contributed by atoms with Gasteiger partial charge in [-0.05, 0) is 36.4 Å². The van der Waals surface area contributed by atoms with Crippen molar-refractivity contribution in [2.45, 2.75) is 5.03 Å². The predicted molar refractivity (Wildman–Crippen MR) is 128 cm³/mol. The van der Waals surface area contributed by atoms with Gasteiger partial charge in [-0.15, -0.1) is 0 Å². The Labute approximate surface area is 196 Å². The smallest absolute Gasteiger partial charge is 0.234 e. The highest BCUT2D eigenvalue weighted by atomic mass is 32.2. The molecule has 0 spiro atoms. The van der Waals surface area contributed by atoms with Gasteiger partial charge in [-0.3, -0.25) is 4.79 Å². The van der Waals surface area contributed by atoms with Crippen molar-refractivity contribution in [3.05, 3.63) is 48.0 Å². The summed E-state index contributed by atoms with van der Waals surface area (Å²) in [7, 11) is 3.11. The largest absolute Gasteiger partial charge is 0.493 e. The molecule has 1 saturated heterocycles. The molecule has 1 amide bonds. The van der Waals surface area contributed by atoms with Crippen molar-refractivity contribution in [3.63, 3.8) is 0 Å². The third-order valence-electron chi connectivity index (χ3n) is 5.27. The number of thioether (sulfide) groups is 1. The number of carbonyl (C=O) groups is 1. The van der Waals surface area contributed by atoms with Crippen LogP contribution in [0.3, 0.4) is 0 Å². The predicted octanol–water partition coefficient (Wildman–Crippen LogP) is 3.69. The standard InChI is InChI=1S/C24H24N4O4S/c1-30-21-12-16-11-17(14-25)24(27-20(16)13-22(21)31-2)33-15-23(29)26-18-3-5-19(6-4-18)28-7-9-32-10-8-28/h3-6,11-13H,7-10,15H2,1-2H3,(H,26,29). The van der Waals surface area contributed by atoms with Gasteiger partial charge in [0, 0.05) is 35.9 Å². The lowest BCUT2D eigenvalue weighted by Gasteiger charge is -2.28. The molecule has 33 heavy (non-hydrogen) atoms. The Balaban J connectivity index is 1.43. The number of nitriles is 1. The molecule has 4 rings (SSSR count). The average Bonchev–Trinajstić information content (AvgIpc) is 2.87. The van der Waals surface area contributed by atoms with Crippen LogP contribution in [0.1, 0.15) is 5.56 Å². The SMILES string of the molecule is COc1cc2cc(C#N)c(SCC(=O)Nc3ccc(N4CCOCC4)cc3)nc2cc1OC. The van der Waals surface area contributed by atoms with Gasteiger partial charge >= 0.3 is 0 Å². The van der Waals surface area contributed by atoms with Gasteiger partial charge in [-0.2, -0.15) is 5.26 Å². The number of pyridine rings is 1. The van der Waals surface area contributed by atoms with E-state index in [1.54, 1.807) is 32.4 Å². The number of fused-ring (bicyclic) bond motifs is 1. The van der Waals surface area contributed by atoms with Crippen LogP contribution in [0.15, 0.2) is 47.5 Å². The highest BCUT2D eigenvalue weighted by Crippen LogP contribution is 2.33. The highest BCUT2D eigenvalue weighted by molar-refractivity contribution is 8.00. The van der Waals surface area contributed by atoms with Crippen LogP contribution in [-0.2, 0) is 9.53 Å². The summed E-state index contributed by atoms with van der Waals surface area (Å²) >= 11 is 1.22. The van der Waals surface area contributed by atoms with Crippen LogP contribution in [0.4, 0.5) is 11.4 Å². The minimum Gasteiger partial charge on any atom is -0.493 e. The number of benzene rings is 2. The molecule has 170 valence electrons. The van der Waals surface area contributed by atoms with Gasteiger partial charge in [-0.1, -0.05) is 11.8 Å². The molecule has 0 radical (unpaired) electrons. The van der Waals surface area contributed by atoms with Crippen LogP contribution in [0, 0.1) is 11.3 Å². The van der Waals surface area contributed by atoms with Gasteiger partial charge < -0.3 is 24.4 Å². The quantitative estimate of drug-likeness (QED) is 0.529. The minimum absolute atomic E-state index is 0.131. The first kappa shape index (κ1) is 22.7. The fourth-order valence-corrected chi connectivity index (χ4v) is 4.34. The number of rotatable bonds is 7. The molecule has 2 heterocycles. The summed E-state index contributed by atoms with van der Waals surface area (Å²) < 4.78 is 16.1.